The van der Waals surface area contributed by atoms with Crippen molar-refractivity contribution in [3.05, 3.63) is 77.6 Å². The molecule has 2 aromatic carbocycles. The van der Waals surface area contributed by atoms with E-state index in [-0.39, 0.29) is 18.0 Å². The Hall–Kier alpha value is -3.09. The minimum absolute atomic E-state index is 0.00149. The van der Waals surface area contributed by atoms with Crippen LogP contribution in [0.2, 0.25) is 0 Å². The highest BCUT2D eigenvalue weighted by Gasteiger charge is 2.17. The van der Waals surface area contributed by atoms with Crippen LogP contribution in [0, 0.1) is 23.4 Å². The molecular weight excluding hydrogens is 357 g/mol. The third kappa shape index (κ3) is 5.70. The lowest BCUT2D eigenvalue weighted by atomic mass is 9.98. The first-order valence-electron chi connectivity index (χ1n) is 8.25. The van der Waals surface area contributed by atoms with E-state index in [0.717, 1.165) is 12.1 Å². The molecule has 2 amide bonds. The maximum atomic E-state index is 13.2. The third-order valence-corrected chi connectivity index (χ3v) is 4.03. The minimum Gasteiger partial charge on any atom is -0.352 e. The zero-order valence-corrected chi connectivity index (χ0v) is 14.7. The van der Waals surface area contributed by atoms with Crippen molar-refractivity contribution in [1.82, 2.24) is 5.32 Å². The molecule has 0 aromatic heterocycles. The summed E-state index contributed by atoms with van der Waals surface area (Å²) in [4.78, 5) is 24.1. The molecule has 0 aliphatic rings. The van der Waals surface area contributed by atoms with E-state index in [9.17, 15) is 22.8 Å². The van der Waals surface area contributed by atoms with Crippen LogP contribution in [0.15, 0.2) is 54.6 Å². The van der Waals surface area contributed by atoms with Gasteiger partial charge in [0.1, 0.15) is 5.82 Å². The number of benzene rings is 2. The fourth-order valence-electron chi connectivity index (χ4n) is 2.26. The Morgan fingerprint density at radius 2 is 1.70 bits per heavy atom. The van der Waals surface area contributed by atoms with Gasteiger partial charge in [0.2, 0.25) is 5.91 Å². The molecule has 0 aliphatic carbocycles. The van der Waals surface area contributed by atoms with E-state index in [1.54, 1.807) is 6.92 Å². The maximum absolute atomic E-state index is 13.2. The second-order valence-corrected chi connectivity index (χ2v) is 6.01. The van der Waals surface area contributed by atoms with Gasteiger partial charge in [-0.2, -0.15) is 0 Å². The number of hydrogen-bond acceptors (Lipinski definition) is 2. The summed E-state index contributed by atoms with van der Waals surface area (Å²) in [6.45, 7) is 5.70. The molecular formula is C20H19F3N2O2. The van der Waals surface area contributed by atoms with Crippen LogP contribution in [-0.2, 0) is 4.79 Å². The zero-order valence-electron chi connectivity index (χ0n) is 14.7. The molecule has 0 bridgehead atoms. The highest BCUT2D eigenvalue weighted by molar-refractivity contribution is 5.94. The molecule has 0 spiro atoms. The molecule has 7 heteroatoms. The molecule has 0 radical (unpaired) electrons. The van der Waals surface area contributed by atoms with Crippen LogP contribution >= 0.6 is 0 Å². The lowest BCUT2D eigenvalue weighted by Gasteiger charge is -2.15. The Morgan fingerprint density at radius 1 is 1.04 bits per heavy atom. The molecule has 0 saturated heterocycles. The first kappa shape index (κ1) is 20.2. The third-order valence-electron chi connectivity index (χ3n) is 4.03. The summed E-state index contributed by atoms with van der Waals surface area (Å²) in [7, 11) is 0. The molecule has 1 atom stereocenters. The lowest BCUT2D eigenvalue weighted by molar-refractivity contribution is -0.118. The molecule has 0 unspecified atom stereocenters. The van der Waals surface area contributed by atoms with E-state index in [1.807, 2.05) is 0 Å². The number of carbonyl (C=O) groups is 2. The zero-order chi connectivity index (χ0) is 20.0. The van der Waals surface area contributed by atoms with Crippen molar-refractivity contribution in [2.24, 2.45) is 5.92 Å². The van der Waals surface area contributed by atoms with E-state index in [0.29, 0.717) is 17.7 Å². The van der Waals surface area contributed by atoms with Crippen molar-refractivity contribution >= 4 is 17.5 Å². The van der Waals surface area contributed by atoms with Crippen LogP contribution in [-0.4, -0.2) is 18.4 Å². The van der Waals surface area contributed by atoms with Gasteiger partial charge in [0.15, 0.2) is 11.6 Å². The van der Waals surface area contributed by atoms with Gasteiger partial charge < -0.3 is 10.6 Å². The molecule has 2 aromatic rings. The molecule has 2 rings (SSSR count). The summed E-state index contributed by atoms with van der Waals surface area (Å²) < 4.78 is 38.9. The Balaban J connectivity index is 1.81. The van der Waals surface area contributed by atoms with Crippen LogP contribution in [0.4, 0.5) is 18.9 Å². The Bertz CT molecular complexity index is 851. The van der Waals surface area contributed by atoms with E-state index < -0.39 is 29.3 Å². The molecule has 0 aliphatic heterocycles. The van der Waals surface area contributed by atoms with E-state index in [1.165, 1.54) is 30.3 Å². The first-order chi connectivity index (χ1) is 12.8. The van der Waals surface area contributed by atoms with Crippen LogP contribution in [0.25, 0.3) is 0 Å². The maximum Gasteiger partial charge on any atom is 0.251 e. The molecule has 142 valence electrons. The number of hydrogen-bond donors (Lipinski definition) is 2. The van der Waals surface area contributed by atoms with Crippen LogP contribution < -0.4 is 10.6 Å². The van der Waals surface area contributed by atoms with E-state index >= 15 is 0 Å². The number of anilines is 1. The van der Waals surface area contributed by atoms with Gasteiger partial charge in [-0.3, -0.25) is 9.59 Å². The van der Waals surface area contributed by atoms with Gasteiger partial charge in [0, 0.05) is 17.8 Å². The van der Waals surface area contributed by atoms with Gasteiger partial charge >= 0.3 is 0 Å². The number of rotatable bonds is 7. The fourth-order valence-corrected chi connectivity index (χ4v) is 2.26. The van der Waals surface area contributed by atoms with Gasteiger partial charge in [-0.15, -0.1) is 0 Å². The quantitative estimate of drug-likeness (QED) is 0.716. The average molecular weight is 376 g/mol. The predicted octanol–water partition coefficient (Wildman–Crippen LogP) is 4.05. The topological polar surface area (TPSA) is 58.2 Å². The van der Waals surface area contributed by atoms with Crippen LogP contribution in [0.1, 0.15) is 23.7 Å². The van der Waals surface area contributed by atoms with Crippen molar-refractivity contribution in [1.29, 1.82) is 0 Å². The summed E-state index contributed by atoms with van der Waals surface area (Å²) in [5, 5.41) is 5.22. The van der Waals surface area contributed by atoms with Crippen molar-refractivity contribution in [3.63, 3.8) is 0 Å². The summed E-state index contributed by atoms with van der Waals surface area (Å²) in [6.07, 6.45) is 0.327. The molecule has 27 heavy (non-hydrogen) atoms. The molecule has 0 fully saturated rings. The normalized spacial score (nSPS) is 11.6. The number of carbonyl (C=O) groups excluding carboxylic acids is 2. The van der Waals surface area contributed by atoms with Crippen molar-refractivity contribution in [2.45, 2.75) is 13.3 Å². The summed E-state index contributed by atoms with van der Waals surface area (Å²) >= 11 is 0. The Kier molecular flexibility index (Phi) is 6.76. The summed E-state index contributed by atoms with van der Waals surface area (Å²) in [5.74, 6) is -3.92. The molecule has 0 saturated carbocycles. The SMILES string of the molecule is C=C(CCNC(=O)c1ccc(F)c(F)c1)[C@@H](C)C(=O)Nc1ccc(F)cc1. The second-order valence-electron chi connectivity index (χ2n) is 6.01. The highest BCUT2D eigenvalue weighted by Crippen LogP contribution is 2.16. The Labute approximate surface area is 155 Å². The van der Waals surface area contributed by atoms with Crippen LogP contribution in [0.5, 0.6) is 0 Å². The smallest absolute Gasteiger partial charge is 0.251 e. The standard InChI is InChI=1S/C20H19F3N2O2/c1-12(13(2)19(26)25-16-6-4-15(21)5-7-16)9-10-24-20(27)14-3-8-17(22)18(23)11-14/h3-8,11,13H,1,9-10H2,2H3,(H,24,27)(H,25,26)/t13-/m1/s1. The monoisotopic (exact) mass is 376 g/mol. The number of amides is 2. The van der Waals surface area contributed by atoms with E-state index in [2.05, 4.69) is 17.2 Å². The highest BCUT2D eigenvalue weighted by atomic mass is 19.2. The summed E-state index contributed by atoms with van der Waals surface area (Å²) in [5.41, 5.74) is 1.05. The van der Waals surface area contributed by atoms with Crippen molar-refractivity contribution in [3.8, 4) is 0 Å². The average Bonchev–Trinajstić information content (AvgIpc) is 2.64. The van der Waals surface area contributed by atoms with Gasteiger partial charge in [-0.1, -0.05) is 12.2 Å². The number of nitrogens with one attached hydrogen (secondary N) is 2. The number of halogens is 3. The molecule has 2 N–H and O–H groups in total. The Morgan fingerprint density at radius 3 is 2.33 bits per heavy atom. The summed E-state index contributed by atoms with van der Waals surface area (Å²) in [6, 6.07) is 8.26. The van der Waals surface area contributed by atoms with Gasteiger partial charge in [-0.05, 0) is 55.8 Å². The fraction of sp³-hybridized carbons (Fsp3) is 0.200. The predicted molar refractivity (Wildman–Crippen MR) is 96.6 cm³/mol. The van der Waals surface area contributed by atoms with E-state index in [4.69, 9.17) is 0 Å². The van der Waals surface area contributed by atoms with Crippen molar-refractivity contribution < 1.29 is 22.8 Å². The van der Waals surface area contributed by atoms with Crippen LogP contribution in [0.3, 0.4) is 0 Å². The van der Waals surface area contributed by atoms with Gasteiger partial charge in [-0.25, -0.2) is 13.2 Å². The van der Waals surface area contributed by atoms with Gasteiger partial charge in [0.05, 0.1) is 5.92 Å². The largest absolute Gasteiger partial charge is 0.352 e. The second kappa shape index (κ2) is 9.02. The molecule has 4 nitrogen and oxygen atoms in total. The van der Waals surface area contributed by atoms with Gasteiger partial charge in [0.25, 0.3) is 5.91 Å². The lowest BCUT2D eigenvalue weighted by Crippen LogP contribution is -2.27. The molecule has 0 heterocycles. The minimum atomic E-state index is -1.10. The van der Waals surface area contributed by atoms with Crippen molar-refractivity contribution in [2.75, 3.05) is 11.9 Å². The first-order valence-corrected chi connectivity index (χ1v) is 8.25.